The summed E-state index contributed by atoms with van der Waals surface area (Å²) >= 11 is 0. The van der Waals surface area contributed by atoms with Crippen molar-refractivity contribution in [1.29, 1.82) is 0 Å². The Hall–Kier alpha value is -1.84. The first kappa shape index (κ1) is 17.1. The smallest absolute Gasteiger partial charge is 0.225 e. The van der Waals surface area contributed by atoms with E-state index in [-0.39, 0.29) is 17.4 Å². The number of amides is 2. The standard InChI is InChI=1S/C24H30N2O2/c1-22(8-9-22)17-2-4-18(5-3-17)24-10-11-26(15-19(24)14-24)21(28)16-12-23(13-16)7-6-20(27)25-23/h2-5,16,19H,6-15H2,1H3,(H,25,27). The van der Waals surface area contributed by atoms with E-state index in [1.807, 2.05) is 0 Å². The Balaban J connectivity index is 1.09. The molecule has 2 atom stereocenters. The number of nitrogens with one attached hydrogen (secondary N) is 1. The van der Waals surface area contributed by atoms with Gasteiger partial charge in [0.05, 0.1) is 0 Å². The SMILES string of the molecule is CC1(c2ccc(C34CCN(C(=O)C5CC6(CCC(=O)N6)C5)CC3C4)cc2)CC1. The van der Waals surface area contributed by atoms with Crippen LogP contribution in [0.25, 0.3) is 0 Å². The monoisotopic (exact) mass is 378 g/mol. The molecule has 3 aliphatic carbocycles. The fourth-order valence-electron chi connectivity index (χ4n) is 6.39. The van der Waals surface area contributed by atoms with Gasteiger partial charge < -0.3 is 10.2 Å². The first-order chi connectivity index (χ1) is 13.4. The molecule has 0 radical (unpaired) electrons. The molecule has 2 saturated heterocycles. The number of likely N-dealkylation sites (tertiary alicyclic amines) is 1. The van der Waals surface area contributed by atoms with Crippen molar-refractivity contribution in [2.75, 3.05) is 13.1 Å². The van der Waals surface area contributed by atoms with Crippen molar-refractivity contribution >= 4 is 11.8 Å². The van der Waals surface area contributed by atoms with Crippen LogP contribution in [0, 0.1) is 11.8 Å². The van der Waals surface area contributed by atoms with Crippen LogP contribution in [0.1, 0.15) is 69.4 Å². The molecule has 1 N–H and O–H groups in total. The second kappa shape index (κ2) is 5.40. The van der Waals surface area contributed by atoms with E-state index >= 15 is 0 Å². The number of fused-ring (bicyclic) bond motifs is 1. The third-order valence-corrected chi connectivity index (χ3v) is 8.83. The largest absolute Gasteiger partial charge is 0.351 e. The number of nitrogens with zero attached hydrogens (tertiary/aromatic N) is 1. The molecule has 148 valence electrons. The van der Waals surface area contributed by atoms with Crippen LogP contribution in [0.2, 0.25) is 0 Å². The van der Waals surface area contributed by atoms with Gasteiger partial charge in [-0.1, -0.05) is 31.2 Å². The minimum atomic E-state index is -0.0452. The van der Waals surface area contributed by atoms with Crippen molar-refractivity contribution in [3.63, 3.8) is 0 Å². The third-order valence-electron chi connectivity index (χ3n) is 8.83. The number of hydrogen-bond donors (Lipinski definition) is 1. The summed E-state index contributed by atoms with van der Waals surface area (Å²) in [6.45, 7) is 4.19. The van der Waals surface area contributed by atoms with Crippen molar-refractivity contribution in [1.82, 2.24) is 10.2 Å². The van der Waals surface area contributed by atoms with E-state index in [4.69, 9.17) is 0 Å². The average Bonchev–Trinajstić information content (AvgIpc) is 3.56. The van der Waals surface area contributed by atoms with Gasteiger partial charge in [0.15, 0.2) is 0 Å². The average molecular weight is 379 g/mol. The molecule has 2 unspecified atom stereocenters. The zero-order valence-electron chi connectivity index (χ0n) is 16.8. The van der Waals surface area contributed by atoms with Crippen molar-refractivity contribution in [3.05, 3.63) is 35.4 Å². The molecule has 4 nitrogen and oxygen atoms in total. The molecule has 0 aromatic heterocycles. The van der Waals surface area contributed by atoms with Crippen LogP contribution in [-0.2, 0) is 20.4 Å². The maximum Gasteiger partial charge on any atom is 0.225 e. The quantitative estimate of drug-likeness (QED) is 0.877. The Morgan fingerprint density at radius 2 is 1.75 bits per heavy atom. The van der Waals surface area contributed by atoms with E-state index in [9.17, 15) is 9.59 Å². The molecule has 2 amide bonds. The number of carbonyl (C=O) groups is 2. The summed E-state index contributed by atoms with van der Waals surface area (Å²) in [4.78, 5) is 26.6. The molecule has 3 saturated carbocycles. The fraction of sp³-hybridized carbons (Fsp3) is 0.667. The van der Waals surface area contributed by atoms with E-state index in [0.29, 0.717) is 29.1 Å². The lowest BCUT2D eigenvalue weighted by molar-refractivity contribution is -0.143. The Labute approximate surface area is 167 Å². The van der Waals surface area contributed by atoms with E-state index in [1.54, 1.807) is 0 Å². The maximum absolute atomic E-state index is 13.0. The summed E-state index contributed by atoms with van der Waals surface area (Å²) in [6.07, 6.45) is 8.23. The highest BCUT2D eigenvalue weighted by Gasteiger charge is 2.59. The highest BCUT2D eigenvalue weighted by atomic mass is 16.2. The molecule has 2 aliphatic heterocycles. The molecular formula is C24H30N2O2. The van der Waals surface area contributed by atoms with Crippen LogP contribution in [-0.4, -0.2) is 35.3 Å². The lowest BCUT2D eigenvalue weighted by atomic mass is 9.67. The van der Waals surface area contributed by atoms with Crippen LogP contribution >= 0.6 is 0 Å². The van der Waals surface area contributed by atoms with Crippen LogP contribution < -0.4 is 5.32 Å². The molecule has 0 bridgehead atoms. The molecule has 2 heterocycles. The minimum Gasteiger partial charge on any atom is -0.351 e. The predicted octanol–water partition coefficient (Wildman–Crippen LogP) is 3.29. The van der Waals surface area contributed by atoms with Crippen molar-refractivity contribution < 1.29 is 9.59 Å². The fourth-order valence-corrected chi connectivity index (χ4v) is 6.39. The van der Waals surface area contributed by atoms with Crippen LogP contribution in [0.4, 0.5) is 0 Å². The predicted molar refractivity (Wildman–Crippen MR) is 107 cm³/mol. The van der Waals surface area contributed by atoms with Crippen LogP contribution in [0.15, 0.2) is 24.3 Å². The van der Waals surface area contributed by atoms with Gasteiger partial charge in [0.2, 0.25) is 11.8 Å². The Kier molecular flexibility index (Phi) is 3.29. The molecular weight excluding hydrogens is 348 g/mol. The first-order valence-corrected chi connectivity index (χ1v) is 11.1. The van der Waals surface area contributed by atoms with Gasteiger partial charge in [-0.05, 0) is 67.4 Å². The number of rotatable bonds is 3. The minimum absolute atomic E-state index is 0.0452. The summed E-state index contributed by atoms with van der Waals surface area (Å²) in [5, 5.41) is 3.11. The molecule has 1 aromatic carbocycles. The van der Waals surface area contributed by atoms with Crippen LogP contribution in [0.3, 0.4) is 0 Å². The topological polar surface area (TPSA) is 49.4 Å². The normalized spacial score (nSPS) is 39.9. The summed E-state index contributed by atoms with van der Waals surface area (Å²) in [5.74, 6) is 1.26. The van der Waals surface area contributed by atoms with E-state index in [0.717, 1.165) is 38.8 Å². The molecule has 6 rings (SSSR count). The van der Waals surface area contributed by atoms with Gasteiger partial charge in [-0.25, -0.2) is 0 Å². The van der Waals surface area contributed by atoms with Crippen molar-refractivity contribution in [2.45, 2.75) is 74.7 Å². The molecule has 5 aliphatic rings. The lowest BCUT2D eigenvalue weighted by Gasteiger charge is -2.46. The van der Waals surface area contributed by atoms with Gasteiger partial charge in [0.25, 0.3) is 0 Å². The Morgan fingerprint density at radius 1 is 1.04 bits per heavy atom. The first-order valence-electron chi connectivity index (χ1n) is 11.1. The third kappa shape index (κ3) is 2.42. The van der Waals surface area contributed by atoms with Crippen LogP contribution in [0.5, 0.6) is 0 Å². The van der Waals surface area contributed by atoms with E-state index in [1.165, 1.54) is 30.4 Å². The van der Waals surface area contributed by atoms with E-state index in [2.05, 4.69) is 41.4 Å². The zero-order chi connectivity index (χ0) is 19.1. The highest BCUT2D eigenvalue weighted by molar-refractivity contribution is 5.84. The number of benzene rings is 1. The van der Waals surface area contributed by atoms with Crippen molar-refractivity contribution in [3.8, 4) is 0 Å². The summed E-state index contributed by atoms with van der Waals surface area (Å²) in [7, 11) is 0. The summed E-state index contributed by atoms with van der Waals surface area (Å²) in [5.41, 5.74) is 3.72. The van der Waals surface area contributed by atoms with Gasteiger partial charge in [0, 0.05) is 36.4 Å². The van der Waals surface area contributed by atoms with Gasteiger partial charge in [-0.15, -0.1) is 0 Å². The lowest BCUT2D eigenvalue weighted by Crippen LogP contribution is -2.57. The molecule has 4 heteroatoms. The molecule has 28 heavy (non-hydrogen) atoms. The van der Waals surface area contributed by atoms with Crippen molar-refractivity contribution in [2.24, 2.45) is 11.8 Å². The number of hydrogen-bond acceptors (Lipinski definition) is 2. The van der Waals surface area contributed by atoms with Gasteiger partial charge in [-0.2, -0.15) is 0 Å². The number of carbonyl (C=O) groups excluding carboxylic acids is 2. The number of piperidine rings is 1. The zero-order valence-corrected chi connectivity index (χ0v) is 16.8. The van der Waals surface area contributed by atoms with Gasteiger partial charge in [0.1, 0.15) is 0 Å². The summed E-state index contributed by atoms with van der Waals surface area (Å²) in [6, 6.07) is 9.45. The van der Waals surface area contributed by atoms with Gasteiger partial charge >= 0.3 is 0 Å². The maximum atomic E-state index is 13.0. The molecule has 1 aromatic rings. The Bertz CT molecular complexity index is 850. The molecule has 5 fully saturated rings. The second-order valence-electron chi connectivity index (χ2n) is 10.7. The highest BCUT2D eigenvalue weighted by Crippen LogP contribution is 2.60. The Morgan fingerprint density at radius 3 is 2.36 bits per heavy atom. The molecule has 1 spiro atoms. The van der Waals surface area contributed by atoms with Gasteiger partial charge in [-0.3, -0.25) is 9.59 Å². The van der Waals surface area contributed by atoms with E-state index < -0.39 is 0 Å². The second-order valence-corrected chi connectivity index (χ2v) is 10.7. The summed E-state index contributed by atoms with van der Waals surface area (Å²) < 4.78 is 0.